The zero-order valence-electron chi connectivity index (χ0n) is 23.5. The van der Waals surface area contributed by atoms with Gasteiger partial charge in [-0.2, -0.15) is 0 Å². The Morgan fingerprint density at radius 2 is 1.54 bits per heavy atom. The molecule has 212 valence electrons. The van der Waals surface area contributed by atoms with Crippen molar-refractivity contribution < 1.29 is 23.9 Å². The highest BCUT2D eigenvalue weighted by Gasteiger charge is 2.32. The number of aromatic nitrogens is 1. The lowest BCUT2D eigenvalue weighted by molar-refractivity contribution is -0.146. The molecule has 1 unspecified atom stereocenters. The molecule has 2 amide bonds. The highest BCUT2D eigenvalue weighted by Crippen LogP contribution is 2.44. The van der Waals surface area contributed by atoms with Crippen molar-refractivity contribution in [2.75, 3.05) is 13.7 Å². The number of para-hydroxylation sites is 1. The monoisotopic (exact) mass is 553 g/mol. The third-order valence-electron chi connectivity index (χ3n) is 8.02. The van der Waals surface area contributed by atoms with E-state index >= 15 is 0 Å². The number of nitrogens with one attached hydrogen (secondary N) is 3. The molecule has 1 aliphatic rings. The highest BCUT2D eigenvalue weighted by atomic mass is 16.5. The number of aromatic amines is 1. The maximum atomic E-state index is 13.6. The van der Waals surface area contributed by atoms with Crippen molar-refractivity contribution in [3.63, 3.8) is 0 Å². The molecule has 0 saturated heterocycles. The molecule has 3 atom stereocenters. The second-order valence-corrected chi connectivity index (χ2v) is 10.5. The van der Waals surface area contributed by atoms with E-state index in [9.17, 15) is 14.4 Å². The molecule has 0 radical (unpaired) electrons. The lowest BCUT2D eigenvalue weighted by atomic mass is 9.98. The number of rotatable bonds is 10. The Morgan fingerprint density at radius 1 is 0.902 bits per heavy atom. The van der Waals surface area contributed by atoms with Gasteiger partial charge < -0.3 is 25.1 Å². The molecular weight excluding hydrogens is 518 g/mol. The smallest absolute Gasteiger partial charge is 0.407 e. The molecular formula is C33H35N3O5. The molecule has 41 heavy (non-hydrogen) atoms. The van der Waals surface area contributed by atoms with Crippen molar-refractivity contribution in [3.8, 4) is 11.1 Å². The van der Waals surface area contributed by atoms with E-state index in [1.807, 2.05) is 68.6 Å². The van der Waals surface area contributed by atoms with Gasteiger partial charge in [0.05, 0.1) is 7.11 Å². The van der Waals surface area contributed by atoms with Crippen molar-refractivity contribution in [1.29, 1.82) is 0 Å². The number of carbonyl (C=O) groups excluding carboxylic acids is 3. The van der Waals surface area contributed by atoms with Gasteiger partial charge in [-0.1, -0.05) is 87.0 Å². The maximum absolute atomic E-state index is 13.6. The number of amides is 2. The first-order valence-corrected chi connectivity index (χ1v) is 14.0. The van der Waals surface area contributed by atoms with Gasteiger partial charge in [0, 0.05) is 29.4 Å². The number of alkyl carbamates (subject to hydrolysis) is 1. The molecule has 0 fully saturated rings. The van der Waals surface area contributed by atoms with Gasteiger partial charge in [0.15, 0.2) is 0 Å². The summed E-state index contributed by atoms with van der Waals surface area (Å²) in [7, 11) is 1.29. The Labute approximate surface area is 239 Å². The number of methoxy groups -OCH3 is 1. The summed E-state index contributed by atoms with van der Waals surface area (Å²) in [6, 6.07) is 22.1. The van der Waals surface area contributed by atoms with Gasteiger partial charge in [-0.25, -0.2) is 9.59 Å². The number of carbonyl (C=O) groups is 3. The number of benzene rings is 3. The number of esters is 1. The van der Waals surface area contributed by atoms with Crippen LogP contribution in [-0.2, 0) is 25.5 Å². The Kier molecular flexibility index (Phi) is 8.38. The van der Waals surface area contributed by atoms with Crippen LogP contribution in [0.5, 0.6) is 0 Å². The largest absolute Gasteiger partial charge is 0.467 e. The van der Waals surface area contributed by atoms with E-state index in [1.165, 1.54) is 7.11 Å². The summed E-state index contributed by atoms with van der Waals surface area (Å²) < 4.78 is 10.7. The van der Waals surface area contributed by atoms with Crippen molar-refractivity contribution in [2.45, 2.75) is 44.7 Å². The van der Waals surface area contributed by atoms with Gasteiger partial charge in [-0.15, -0.1) is 0 Å². The van der Waals surface area contributed by atoms with E-state index < -0.39 is 30.1 Å². The summed E-state index contributed by atoms with van der Waals surface area (Å²) >= 11 is 0. The van der Waals surface area contributed by atoms with Gasteiger partial charge in [0.25, 0.3) is 0 Å². The minimum Gasteiger partial charge on any atom is -0.467 e. The summed E-state index contributed by atoms with van der Waals surface area (Å²) in [6.07, 6.45) is 1.99. The first-order chi connectivity index (χ1) is 19.9. The van der Waals surface area contributed by atoms with Crippen LogP contribution in [0.2, 0.25) is 0 Å². The topological polar surface area (TPSA) is 110 Å². The minimum atomic E-state index is -0.985. The van der Waals surface area contributed by atoms with Crippen LogP contribution in [0.1, 0.15) is 42.9 Å². The normalized spacial score (nSPS) is 14.4. The highest BCUT2D eigenvalue weighted by molar-refractivity contribution is 5.91. The molecule has 0 spiro atoms. The zero-order chi connectivity index (χ0) is 28.9. The summed E-state index contributed by atoms with van der Waals surface area (Å²) in [5, 5.41) is 6.54. The van der Waals surface area contributed by atoms with Gasteiger partial charge in [-0.3, -0.25) is 4.79 Å². The second kappa shape index (κ2) is 12.3. The molecule has 5 rings (SSSR count). The van der Waals surface area contributed by atoms with E-state index in [0.29, 0.717) is 6.42 Å². The molecule has 8 nitrogen and oxygen atoms in total. The summed E-state index contributed by atoms with van der Waals surface area (Å²) in [6.45, 7) is 3.93. The van der Waals surface area contributed by atoms with Crippen LogP contribution < -0.4 is 10.6 Å². The Bertz CT molecular complexity index is 1520. The SMILES string of the molecule is CCC(C)[C@H](NC(=O)[C@H](Cc1c[nH]c2ccccc12)NC(=O)OCC1c2ccccc2-c2ccccc21)C(=O)OC. The molecule has 0 aliphatic heterocycles. The molecule has 3 N–H and O–H groups in total. The standard InChI is InChI=1S/C33H35N3O5/c1-4-20(2)30(32(38)40-3)36-31(37)29(17-21-18-34-28-16-10-9-11-22(21)28)35-33(39)41-19-27-25-14-7-5-12-23(25)24-13-6-8-15-26(24)27/h5-16,18,20,27,29-30,34H,4,17,19H2,1-3H3,(H,35,39)(H,36,37)/t20?,29-,30-/m0/s1. The Balaban J connectivity index is 1.34. The van der Waals surface area contributed by atoms with Crippen molar-refractivity contribution in [1.82, 2.24) is 15.6 Å². The Morgan fingerprint density at radius 3 is 2.20 bits per heavy atom. The van der Waals surface area contributed by atoms with Gasteiger partial charge >= 0.3 is 12.1 Å². The van der Waals surface area contributed by atoms with Crippen LogP contribution in [0.15, 0.2) is 79.0 Å². The molecule has 0 bridgehead atoms. The predicted octanol–water partition coefficient (Wildman–Crippen LogP) is 5.32. The number of hydrogen-bond acceptors (Lipinski definition) is 5. The van der Waals surface area contributed by atoms with Crippen LogP contribution in [0.25, 0.3) is 22.0 Å². The average molecular weight is 554 g/mol. The summed E-state index contributed by atoms with van der Waals surface area (Å²) in [5.74, 6) is -1.28. The predicted molar refractivity (Wildman–Crippen MR) is 157 cm³/mol. The molecule has 1 aromatic heterocycles. The number of fused-ring (bicyclic) bond motifs is 4. The lowest BCUT2D eigenvalue weighted by Crippen LogP contribution is -2.54. The quantitative estimate of drug-likeness (QED) is 0.230. The molecule has 8 heteroatoms. The third kappa shape index (κ3) is 5.82. The van der Waals surface area contributed by atoms with Crippen LogP contribution in [0.4, 0.5) is 4.79 Å². The van der Waals surface area contributed by atoms with E-state index in [1.54, 1.807) is 0 Å². The van der Waals surface area contributed by atoms with E-state index in [2.05, 4.69) is 39.9 Å². The fourth-order valence-electron chi connectivity index (χ4n) is 5.56. The molecule has 3 aromatic carbocycles. The van der Waals surface area contributed by atoms with E-state index in [0.717, 1.165) is 38.7 Å². The molecule has 4 aromatic rings. The van der Waals surface area contributed by atoms with E-state index in [-0.39, 0.29) is 24.9 Å². The first-order valence-electron chi connectivity index (χ1n) is 14.0. The van der Waals surface area contributed by atoms with Crippen LogP contribution in [0.3, 0.4) is 0 Å². The number of ether oxygens (including phenoxy) is 2. The van der Waals surface area contributed by atoms with Gasteiger partial charge in [0.2, 0.25) is 5.91 Å². The Hall–Kier alpha value is -4.59. The van der Waals surface area contributed by atoms with Crippen molar-refractivity contribution >= 4 is 28.9 Å². The van der Waals surface area contributed by atoms with Crippen LogP contribution in [0, 0.1) is 5.92 Å². The molecule has 1 aliphatic carbocycles. The summed E-state index contributed by atoms with van der Waals surface area (Å²) in [4.78, 5) is 42.5. The van der Waals surface area contributed by atoms with Crippen molar-refractivity contribution in [3.05, 3.63) is 95.7 Å². The summed E-state index contributed by atoms with van der Waals surface area (Å²) in [5.41, 5.74) is 6.25. The van der Waals surface area contributed by atoms with Crippen LogP contribution >= 0.6 is 0 Å². The fraction of sp³-hybridized carbons (Fsp3) is 0.303. The number of hydrogen-bond donors (Lipinski definition) is 3. The van der Waals surface area contributed by atoms with Gasteiger partial charge in [0.1, 0.15) is 18.7 Å². The fourth-order valence-corrected chi connectivity index (χ4v) is 5.56. The average Bonchev–Trinajstić information content (AvgIpc) is 3.56. The molecule has 1 heterocycles. The van der Waals surface area contributed by atoms with Crippen molar-refractivity contribution in [2.24, 2.45) is 5.92 Å². The first kappa shape index (κ1) is 28.0. The lowest BCUT2D eigenvalue weighted by Gasteiger charge is -2.25. The van der Waals surface area contributed by atoms with Gasteiger partial charge in [-0.05, 0) is 39.8 Å². The van der Waals surface area contributed by atoms with Crippen LogP contribution in [-0.4, -0.2) is 48.8 Å². The maximum Gasteiger partial charge on any atom is 0.407 e. The minimum absolute atomic E-state index is 0.108. The zero-order valence-corrected chi connectivity index (χ0v) is 23.5. The second-order valence-electron chi connectivity index (χ2n) is 10.5. The van der Waals surface area contributed by atoms with E-state index in [4.69, 9.17) is 9.47 Å². The molecule has 0 saturated carbocycles. The third-order valence-corrected chi connectivity index (χ3v) is 8.02. The number of H-pyrrole nitrogens is 1.